The van der Waals surface area contributed by atoms with E-state index >= 15 is 0 Å². The zero-order chi connectivity index (χ0) is 22.0. The minimum Gasteiger partial charge on any atom is -0.444 e. The average molecular weight is 425 g/mol. The SMILES string of the molecule is CC=P(B[C@H]1COC(C)(C)N1C(=O)OC(C)(C)C)(c1ccccc1)c1ccccc1. The summed E-state index contributed by atoms with van der Waals surface area (Å²) in [5, 5.41) is 2.63. The first-order valence-corrected chi connectivity index (χ1v) is 12.6. The molecule has 4 nitrogen and oxygen atoms in total. The molecular weight excluding hydrogens is 392 g/mol. The molecule has 6 heteroatoms. The Kier molecular flexibility index (Phi) is 6.55. The Morgan fingerprint density at radius 2 is 1.60 bits per heavy atom. The zero-order valence-corrected chi connectivity index (χ0v) is 19.9. The summed E-state index contributed by atoms with van der Waals surface area (Å²) in [7, 11) is 0. The van der Waals surface area contributed by atoms with Crippen LogP contribution >= 0.6 is 6.76 Å². The Bertz CT molecular complexity index is 879. The molecule has 2 aromatic rings. The fourth-order valence-electron chi connectivity index (χ4n) is 4.18. The van der Waals surface area contributed by atoms with Gasteiger partial charge in [-0.2, -0.15) is 0 Å². The molecule has 3 rings (SSSR count). The first kappa shape index (κ1) is 22.7. The third-order valence-corrected chi connectivity index (χ3v) is 9.86. The largest absolute Gasteiger partial charge is 0.444 e. The lowest BCUT2D eigenvalue weighted by atomic mass is 9.93. The van der Waals surface area contributed by atoms with Crippen molar-refractivity contribution >= 4 is 36.3 Å². The van der Waals surface area contributed by atoms with E-state index in [4.69, 9.17) is 9.47 Å². The van der Waals surface area contributed by atoms with E-state index in [0.717, 1.165) is 7.00 Å². The van der Waals surface area contributed by atoms with Gasteiger partial charge in [0.15, 0.2) is 7.00 Å². The smallest absolute Gasteiger partial charge is 0.412 e. The van der Waals surface area contributed by atoms with Crippen molar-refractivity contribution in [3.63, 3.8) is 0 Å². The molecule has 0 spiro atoms. The predicted octanol–water partition coefficient (Wildman–Crippen LogP) is 4.16. The summed E-state index contributed by atoms with van der Waals surface area (Å²) in [5.41, 5.74) is -1.26. The Hall–Kier alpha value is -1.97. The number of hydrogen-bond acceptors (Lipinski definition) is 3. The fourth-order valence-corrected chi connectivity index (χ4v) is 8.05. The first-order valence-electron chi connectivity index (χ1n) is 10.5. The van der Waals surface area contributed by atoms with Crippen LogP contribution in [0.5, 0.6) is 0 Å². The number of ether oxygens (including phenoxy) is 2. The van der Waals surface area contributed by atoms with Crippen LogP contribution in [0.15, 0.2) is 60.7 Å². The Balaban J connectivity index is 2.05. The van der Waals surface area contributed by atoms with E-state index in [1.165, 1.54) is 10.6 Å². The van der Waals surface area contributed by atoms with Crippen molar-refractivity contribution in [3.8, 4) is 0 Å². The molecule has 1 atom stereocenters. The molecule has 0 bridgehead atoms. The number of nitrogens with zero attached hydrogens (tertiary/aromatic N) is 1. The maximum Gasteiger partial charge on any atom is 0.412 e. The highest BCUT2D eigenvalue weighted by Gasteiger charge is 2.47. The molecule has 1 aliphatic rings. The average Bonchev–Trinajstić information content (AvgIpc) is 3.00. The zero-order valence-electron chi connectivity index (χ0n) is 19.0. The third-order valence-electron chi connectivity index (χ3n) is 5.54. The molecule has 0 unspecified atom stereocenters. The second-order valence-electron chi connectivity index (χ2n) is 9.24. The van der Waals surface area contributed by atoms with Gasteiger partial charge in [0.25, 0.3) is 0 Å². The molecule has 0 aliphatic carbocycles. The van der Waals surface area contributed by atoms with Gasteiger partial charge >= 0.3 is 6.09 Å². The lowest BCUT2D eigenvalue weighted by Crippen LogP contribution is -2.52. The number of carbonyl (C=O) groups is 1. The quantitative estimate of drug-likeness (QED) is 0.546. The topological polar surface area (TPSA) is 38.8 Å². The summed E-state index contributed by atoms with van der Waals surface area (Å²) in [5.74, 6) is 2.29. The van der Waals surface area contributed by atoms with Crippen LogP contribution in [-0.4, -0.2) is 47.7 Å². The number of amides is 1. The first-order chi connectivity index (χ1) is 14.1. The van der Waals surface area contributed by atoms with Crippen LogP contribution in [-0.2, 0) is 9.47 Å². The van der Waals surface area contributed by atoms with E-state index in [2.05, 4.69) is 61.3 Å². The minimum absolute atomic E-state index is 0.0696. The molecule has 160 valence electrons. The van der Waals surface area contributed by atoms with Gasteiger partial charge in [-0.1, -0.05) is 73.2 Å². The van der Waals surface area contributed by atoms with Gasteiger partial charge in [0.1, 0.15) is 11.3 Å². The van der Waals surface area contributed by atoms with Crippen LogP contribution in [0.3, 0.4) is 0 Å². The van der Waals surface area contributed by atoms with Crippen LogP contribution in [0.1, 0.15) is 41.5 Å². The summed E-state index contributed by atoms with van der Waals surface area (Å²) in [4.78, 5) is 15.0. The molecule has 30 heavy (non-hydrogen) atoms. The summed E-state index contributed by atoms with van der Waals surface area (Å²) in [6.45, 7) is 11.2. The Labute approximate surface area is 181 Å². The van der Waals surface area contributed by atoms with Crippen molar-refractivity contribution in [3.05, 3.63) is 60.7 Å². The molecule has 1 fully saturated rings. The second kappa shape index (κ2) is 8.65. The molecule has 2 aromatic carbocycles. The normalized spacial score (nSPS) is 18.7. The van der Waals surface area contributed by atoms with Gasteiger partial charge in [0.2, 0.25) is 0 Å². The maximum atomic E-state index is 13.2. The van der Waals surface area contributed by atoms with Crippen molar-refractivity contribution in [2.24, 2.45) is 0 Å². The number of rotatable bonds is 4. The molecule has 0 radical (unpaired) electrons. The van der Waals surface area contributed by atoms with E-state index in [9.17, 15) is 4.79 Å². The second-order valence-corrected chi connectivity index (χ2v) is 12.9. The lowest BCUT2D eigenvalue weighted by molar-refractivity contribution is -0.0602. The summed E-state index contributed by atoms with van der Waals surface area (Å²) in [6, 6.07) is 21.3. The van der Waals surface area contributed by atoms with Gasteiger partial charge in [-0.25, -0.2) is 4.79 Å². The molecule has 0 N–H and O–H groups in total. The van der Waals surface area contributed by atoms with Crippen molar-refractivity contribution in [2.45, 2.75) is 58.8 Å². The molecule has 0 aromatic heterocycles. The Morgan fingerprint density at radius 1 is 1.10 bits per heavy atom. The standard InChI is InChI=1S/C24H33BNO3P/c1-7-30(19-14-10-8-11-15-19,20-16-12-9-13-17-20)25-21-18-28-24(5,6)26(21)22(27)29-23(2,3)4/h7-17,21,25H,18H2,1-6H3/t21-/m1/s1. The highest BCUT2D eigenvalue weighted by Crippen LogP contribution is 2.46. The third kappa shape index (κ3) is 4.68. The number of carbonyl (C=O) groups excluding carboxylic acids is 1. The van der Waals surface area contributed by atoms with Crippen molar-refractivity contribution in [1.29, 1.82) is 0 Å². The van der Waals surface area contributed by atoms with E-state index in [1.807, 2.05) is 51.7 Å². The fraction of sp³-hybridized carbons (Fsp3) is 0.417. The molecular formula is C24H33BNO3P. The van der Waals surface area contributed by atoms with Crippen LogP contribution in [0, 0.1) is 0 Å². The van der Waals surface area contributed by atoms with Crippen LogP contribution in [0.25, 0.3) is 0 Å². The van der Waals surface area contributed by atoms with E-state index < -0.39 is 18.1 Å². The number of hydrogen-bond donors (Lipinski definition) is 0. The van der Waals surface area contributed by atoms with Gasteiger partial charge in [-0.15, -0.1) is 0 Å². The maximum absolute atomic E-state index is 13.2. The van der Waals surface area contributed by atoms with Gasteiger partial charge in [-0.05, 0) is 52.2 Å². The molecule has 1 aliphatic heterocycles. The van der Waals surface area contributed by atoms with E-state index in [1.54, 1.807) is 0 Å². The van der Waals surface area contributed by atoms with Crippen molar-refractivity contribution in [2.75, 3.05) is 6.61 Å². The van der Waals surface area contributed by atoms with Crippen LogP contribution < -0.4 is 10.6 Å². The van der Waals surface area contributed by atoms with E-state index in [0.29, 0.717) is 6.61 Å². The van der Waals surface area contributed by atoms with Crippen LogP contribution in [0.2, 0.25) is 0 Å². The highest BCUT2D eigenvalue weighted by molar-refractivity contribution is 8.09. The summed E-state index contributed by atoms with van der Waals surface area (Å²) in [6.07, 6.45) is -0.315. The van der Waals surface area contributed by atoms with E-state index in [-0.39, 0.29) is 12.0 Å². The van der Waals surface area contributed by atoms with Gasteiger partial charge < -0.3 is 9.47 Å². The Morgan fingerprint density at radius 3 is 2.03 bits per heavy atom. The minimum atomic E-state index is -1.87. The molecule has 0 saturated carbocycles. The monoisotopic (exact) mass is 425 g/mol. The lowest BCUT2D eigenvalue weighted by Gasteiger charge is -2.37. The molecule has 1 saturated heterocycles. The summed E-state index contributed by atoms with van der Waals surface area (Å²) < 4.78 is 11.8. The van der Waals surface area contributed by atoms with Gasteiger partial charge in [0.05, 0.1) is 6.61 Å². The summed E-state index contributed by atoms with van der Waals surface area (Å²) >= 11 is 0. The molecule has 1 amide bonds. The van der Waals surface area contributed by atoms with Crippen LogP contribution in [0.4, 0.5) is 4.79 Å². The van der Waals surface area contributed by atoms with Gasteiger partial charge in [0, 0.05) is 5.94 Å². The van der Waals surface area contributed by atoms with Gasteiger partial charge in [-0.3, -0.25) is 4.90 Å². The predicted molar refractivity (Wildman–Crippen MR) is 130 cm³/mol. The van der Waals surface area contributed by atoms with Crippen molar-refractivity contribution in [1.82, 2.24) is 4.90 Å². The highest BCUT2D eigenvalue weighted by atomic mass is 31.2. The van der Waals surface area contributed by atoms with Crippen molar-refractivity contribution < 1.29 is 14.3 Å². The number of benzene rings is 2. The molecule has 1 heterocycles.